The number of aromatic nitrogens is 2. The van der Waals surface area contributed by atoms with Gasteiger partial charge in [-0.1, -0.05) is 0 Å². The van der Waals surface area contributed by atoms with Crippen LogP contribution in [0.4, 0.5) is 4.39 Å². The third-order valence-electron chi connectivity index (χ3n) is 1.80. The maximum absolute atomic E-state index is 12.7. The van der Waals surface area contributed by atoms with Crippen molar-refractivity contribution in [3.8, 4) is 0 Å². The molecule has 0 aromatic carbocycles. The van der Waals surface area contributed by atoms with Crippen LogP contribution >= 0.6 is 22.6 Å². The molecule has 0 N–H and O–H groups in total. The Kier molecular flexibility index (Phi) is 1.79. The van der Waals surface area contributed by atoms with Gasteiger partial charge in [-0.2, -0.15) is 0 Å². The normalized spacial score (nSPS) is 10.9. The number of fused-ring (bicyclic) bond motifs is 1. The fourth-order valence-electron chi connectivity index (χ4n) is 1.14. The highest BCUT2D eigenvalue weighted by molar-refractivity contribution is 14.1. The Balaban J connectivity index is 2.88. The van der Waals surface area contributed by atoms with Crippen molar-refractivity contribution in [3.05, 3.63) is 27.8 Å². The molecule has 2 nitrogen and oxygen atoms in total. The summed E-state index contributed by atoms with van der Waals surface area (Å²) in [6, 6.07) is 3.42. The van der Waals surface area contributed by atoms with Crippen LogP contribution in [0.1, 0.15) is 0 Å². The van der Waals surface area contributed by atoms with E-state index < -0.39 is 0 Å². The van der Waals surface area contributed by atoms with Gasteiger partial charge >= 0.3 is 0 Å². The maximum Gasteiger partial charge on any atom is 0.143 e. The van der Waals surface area contributed by atoms with E-state index in [2.05, 4.69) is 27.6 Å². The van der Waals surface area contributed by atoms with Crippen LogP contribution in [0.2, 0.25) is 0 Å². The lowest BCUT2D eigenvalue weighted by Crippen LogP contribution is -1.90. The number of hydrogen-bond donors (Lipinski definition) is 0. The molecular weight excluding hydrogens is 270 g/mol. The lowest BCUT2D eigenvalue weighted by Gasteiger charge is -1.95. The fourth-order valence-corrected chi connectivity index (χ4v) is 1.70. The van der Waals surface area contributed by atoms with Gasteiger partial charge in [0.25, 0.3) is 0 Å². The molecule has 0 aliphatic carbocycles. The van der Waals surface area contributed by atoms with Crippen molar-refractivity contribution in [1.82, 2.24) is 9.55 Å². The highest BCUT2D eigenvalue weighted by Crippen LogP contribution is 2.18. The van der Waals surface area contributed by atoms with E-state index in [0.29, 0.717) is 0 Å². The summed E-state index contributed by atoms with van der Waals surface area (Å²) in [5, 5.41) is 0. The van der Waals surface area contributed by atoms with Crippen molar-refractivity contribution in [2.75, 3.05) is 0 Å². The SMILES string of the molecule is Cn1c(I)cc2ncc(F)cc21. The molecule has 2 aromatic rings. The van der Waals surface area contributed by atoms with Crippen LogP contribution in [-0.4, -0.2) is 9.55 Å². The van der Waals surface area contributed by atoms with Crippen LogP contribution in [0.15, 0.2) is 18.3 Å². The number of nitrogens with zero attached hydrogens (tertiary/aromatic N) is 2. The first-order chi connectivity index (χ1) is 5.68. The highest BCUT2D eigenvalue weighted by atomic mass is 127. The van der Waals surface area contributed by atoms with E-state index in [9.17, 15) is 4.39 Å². The average Bonchev–Trinajstić information content (AvgIpc) is 2.31. The molecule has 0 fully saturated rings. The van der Waals surface area contributed by atoms with Gasteiger partial charge in [-0.05, 0) is 28.7 Å². The van der Waals surface area contributed by atoms with E-state index in [4.69, 9.17) is 0 Å². The molecular formula is C8H6FIN2. The summed E-state index contributed by atoms with van der Waals surface area (Å²) in [6.45, 7) is 0. The molecule has 0 aliphatic heterocycles. The van der Waals surface area contributed by atoms with Crippen molar-refractivity contribution in [2.45, 2.75) is 0 Å². The predicted molar refractivity (Wildman–Crippen MR) is 53.4 cm³/mol. The molecule has 0 saturated heterocycles. The molecule has 62 valence electrons. The molecule has 2 heterocycles. The molecule has 0 saturated carbocycles. The minimum absolute atomic E-state index is 0.292. The zero-order valence-electron chi connectivity index (χ0n) is 6.38. The van der Waals surface area contributed by atoms with E-state index in [1.807, 2.05) is 17.7 Å². The second kappa shape index (κ2) is 2.69. The number of hydrogen-bond acceptors (Lipinski definition) is 1. The Morgan fingerprint density at radius 1 is 1.50 bits per heavy atom. The van der Waals surface area contributed by atoms with Gasteiger partial charge in [-0.3, -0.25) is 4.98 Å². The van der Waals surface area contributed by atoms with E-state index in [1.165, 1.54) is 12.3 Å². The number of halogens is 2. The molecule has 2 aromatic heterocycles. The Morgan fingerprint density at radius 3 is 3.00 bits per heavy atom. The summed E-state index contributed by atoms with van der Waals surface area (Å²) in [6.07, 6.45) is 1.23. The monoisotopic (exact) mass is 276 g/mol. The predicted octanol–water partition coefficient (Wildman–Crippen LogP) is 2.32. The Labute approximate surface area is 82.5 Å². The summed E-state index contributed by atoms with van der Waals surface area (Å²) in [5.41, 5.74) is 1.67. The molecule has 0 atom stereocenters. The summed E-state index contributed by atoms with van der Waals surface area (Å²) in [4.78, 5) is 3.96. The lowest BCUT2D eigenvalue weighted by atomic mass is 10.4. The summed E-state index contributed by atoms with van der Waals surface area (Å²) in [7, 11) is 1.89. The van der Waals surface area contributed by atoms with Crippen LogP contribution in [0, 0.1) is 9.52 Å². The standard InChI is InChI=1S/C8H6FIN2/c1-12-7-2-5(9)4-11-6(7)3-8(12)10/h2-4H,1H3. The summed E-state index contributed by atoms with van der Waals surface area (Å²) in [5.74, 6) is -0.292. The molecule has 4 heteroatoms. The maximum atomic E-state index is 12.7. The van der Waals surface area contributed by atoms with Crippen molar-refractivity contribution >= 4 is 33.6 Å². The van der Waals surface area contributed by atoms with Gasteiger partial charge in [0.2, 0.25) is 0 Å². The minimum Gasteiger partial charge on any atom is -0.338 e. The first-order valence-electron chi connectivity index (χ1n) is 3.45. The molecule has 0 radical (unpaired) electrons. The largest absolute Gasteiger partial charge is 0.338 e. The smallest absolute Gasteiger partial charge is 0.143 e. The van der Waals surface area contributed by atoms with Crippen molar-refractivity contribution in [2.24, 2.45) is 7.05 Å². The molecule has 0 spiro atoms. The first kappa shape index (κ1) is 7.97. The molecule has 0 aliphatic rings. The van der Waals surface area contributed by atoms with E-state index in [0.717, 1.165) is 14.7 Å². The molecule has 12 heavy (non-hydrogen) atoms. The van der Waals surface area contributed by atoms with Gasteiger partial charge in [-0.25, -0.2) is 4.39 Å². The lowest BCUT2D eigenvalue weighted by molar-refractivity contribution is 0.623. The fraction of sp³-hybridized carbons (Fsp3) is 0.125. The van der Waals surface area contributed by atoms with Crippen LogP contribution in [-0.2, 0) is 7.05 Å². The van der Waals surface area contributed by atoms with Gasteiger partial charge in [-0.15, -0.1) is 0 Å². The van der Waals surface area contributed by atoms with Crippen LogP contribution in [0.5, 0.6) is 0 Å². The van der Waals surface area contributed by atoms with Gasteiger partial charge < -0.3 is 4.57 Å². The number of pyridine rings is 1. The van der Waals surface area contributed by atoms with Gasteiger partial charge in [0, 0.05) is 13.1 Å². The van der Waals surface area contributed by atoms with Crippen molar-refractivity contribution in [1.29, 1.82) is 0 Å². The second-order valence-corrected chi connectivity index (χ2v) is 3.69. The van der Waals surface area contributed by atoms with Gasteiger partial charge in [0.05, 0.1) is 20.9 Å². The summed E-state index contributed by atoms with van der Waals surface area (Å²) >= 11 is 2.19. The van der Waals surface area contributed by atoms with Crippen LogP contribution in [0.25, 0.3) is 11.0 Å². The Bertz CT molecular complexity index is 436. The Morgan fingerprint density at radius 2 is 2.25 bits per heavy atom. The average molecular weight is 276 g/mol. The van der Waals surface area contributed by atoms with Gasteiger partial charge in [0.1, 0.15) is 5.82 Å². The molecule has 0 amide bonds. The third-order valence-corrected chi connectivity index (χ3v) is 2.84. The first-order valence-corrected chi connectivity index (χ1v) is 4.53. The molecule has 0 bridgehead atoms. The van der Waals surface area contributed by atoms with Crippen molar-refractivity contribution < 1.29 is 4.39 Å². The third kappa shape index (κ3) is 1.10. The second-order valence-electron chi connectivity index (χ2n) is 2.58. The van der Waals surface area contributed by atoms with Gasteiger partial charge in [0.15, 0.2) is 0 Å². The van der Waals surface area contributed by atoms with E-state index >= 15 is 0 Å². The quantitative estimate of drug-likeness (QED) is 0.675. The Hall–Kier alpha value is -0.650. The number of aryl methyl sites for hydroxylation is 1. The van der Waals surface area contributed by atoms with E-state index in [1.54, 1.807) is 0 Å². The minimum atomic E-state index is -0.292. The molecule has 0 unspecified atom stereocenters. The zero-order valence-corrected chi connectivity index (χ0v) is 8.54. The van der Waals surface area contributed by atoms with Crippen LogP contribution in [0.3, 0.4) is 0 Å². The van der Waals surface area contributed by atoms with Crippen LogP contribution < -0.4 is 0 Å². The van der Waals surface area contributed by atoms with E-state index in [-0.39, 0.29) is 5.82 Å². The highest BCUT2D eigenvalue weighted by Gasteiger charge is 2.04. The molecule has 2 rings (SSSR count). The number of rotatable bonds is 0. The van der Waals surface area contributed by atoms with Crippen molar-refractivity contribution in [3.63, 3.8) is 0 Å². The topological polar surface area (TPSA) is 17.8 Å². The summed E-state index contributed by atoms with van der Waals surface area (Å²) < 4.78 is 15.7. The zero-order chi connectivity index (χ0) is 8.72.